The third-order valence-electron chi connectivity index (χ3n) is 3.14. The first-order chi connectivity index (χ1) is 8.99. The number of likely N-dealkylation sites (tertiary alicyclic amines) is 1. The zero-order valence-electron chi connectivity index (χ0n) is 10.5. The van der Waals surface area contributed by atoms with Crippen LogP contribution < -0.4 is 0 Å². The van der Waals surface area contributed by atoms with Crippen LogP contribution in [-0.4, -0.2) is 57.8 Å². The maximum absolute atomic E-state index is 12.2. The van der Waals surface area contributed by atoms with Crippen molar-refractivity contribution < 1.29 is 24.2 Å². The number of carboxylic acids is 1. The highest BCUT2D eigenvalue weighted by Crippen LogP contribution is 2.20. The van der Waals surface area contributed by atoms with E-state index in [1.807, 2.05) is 0 Å². The summed E-state index contributed by atoms with van der Waals surface area (Å²) in [4.78, 5) is 25.8. The van der Waals surface area contributed by atoms with Crippen molar-refractivity contribution in [2.24, 2.45) is 0 Å². The van der Waals surface area contributed by atoms with Crippen LogP contribution in [0.4, 0.5) is 4.79 Å². The lowest BCUT2D eigenvalue weighted by Crippen LogP contribution is -2.46. The molecule has 1 saturated heterocycles. The predicted octanol–water partition coefficient (Wildman–Crippen LogP) is 0.351. The van der Waals surface area contributed by atoms with E-state index in [4.69, 9.17) is 9.52 Å². The van der Waals surface area contributed by atoms with Crippen LogP contribution in [0.2, 0.25) is 0 Å². The number of furan rings is 1. The molecule has 19 heavy (non-hydrogen) atoms. The van der Waals surface area contributed by atoms with E-state index in [2.05, 4.69) is 0 Å². The maximum Gasteiger partial charge on any atom is 0.326 e. The highest BCUT2D eigenvalue weighted by atomic mass is 16.4. The lowest BCUT2D eigenvalue weighted by molar-refractivity contribution is -0.141. The highest BCUT2D eigenvalue weighted by Gasteiger charge is 2.40. The molecule has 2 rings (SSSR count). The molecule has 0 aromatic carbocycles. The second-order valence-corrected chi connectivity index (χ2v) is 4.67. The van der Waals surface area contributed by atoms with Gasteiger partial charge in [-0.05, 0) is 6.07 Å². The summed E-state index contributed by atoms with van der Waals surface area (Å²) < 4.78 is 4.91. The van der Waals surface area contributed by atoms with E-state index in [1.165, 1.54) is 22.3 Å². The number of aliphatic hydroxyl groups is 1. The summed E-state index contributed by atoms with van der Waals surface area (Å²) in [6.07, 6.45) is 2.32. The molecular formula is C12H16N2O5. The molecule has 2 N–H and O–H groups in total. The van der Waals surface area contributed by atoms with Crippen molar-refractivity contribution in [3.63, 3.8) is 0 Å². The number of carbonyl (C=O) groups excluding carboxylic acids is 1. The number of hydrogen-bond donors (Lipinski definition) is 2. The van der Waals surface area contributed by atoms with Gasteiger partial charge in [-0.1, -0.05) is 0 Å². The van der Waals surface area contributed by atoms with Crippen molar-refractivity contribution in [2.75, 3.05) is 13.6 Å². The second-order valence-electron chi connectivity index (χ2n) is 4.67. The molecule has 2 amide bonds. The number of carboxylic acid groups (broad SMARTS) is 1. The maximum atomic E-state index is 12.2. The van der Waals surface area contributed by atoms with Gasteiger partial charge < -0.3 is 24.4 Å². The number of urea groups is 1. The summed E-state index contributed by atoms with van der Waals surface area (Å²) in [5.74, 6) is -1.10. The third-order valence-corrected chi connectivity index (χ3v) is 3.14. The minimum atomic E-state index is -1.10. The molecule has 1 aliphatic rings. The largest absolute Gasteiger partial charge is 0.480 e. The standard InChI is InChI=1S/C12H16N2O5/c1-13(5-8-2-3-19-7-8)12(18)14-6-9(15)4-10(14)11(16)17/h2-3,7,9-10,15H,4-6H2,1H3,(H,16,17)/t9-,10-/m0/s1. The van der Waals surface area contributed by atoms with Gasteiger partial charge in [-0.3, -0.25) is 0 Å². The number of nitrogens with zero attached hydrogens (tertiary/aromatic N) is 2. The molecule has 1 aliphatic heterocycles. The number of aliphatic carboxylic acids is 1. The second kappa shape index (κ2) is 5.31. The van der Waals surface area contributed by atoms with Crippen LogP contribution in [0.3, 0.4) is 0 Å². The number of β-amino-alcohol motifs (C(OH)–C–C–N with tert-alkyl or cyclic N) is 1. The Bertz CT molecular complexity index is 459. The van der Waals surface area contributed by atoms with Gasteiger partial charge >= 0.3 is 12.0 Å². The Labute approximate surface area is 110 Å². The minimum absolute atomic E-state index is 0.0471. The Morgan fingerprint density at radius 1 is 1.58 bits per heavy atom. The first-order valence-corrected chi connectivity index (χ1v) is 5.92. The molecule has 7 heteroatoms. The van der Waals surface area contributed by atoms with Crippen LogP contribution in [0.5, 0.6) is 0 Å². The molecule has 2 atom stereocenters. The number of amides is 2. The summed E-state index contributed by atoms with van der Waals surface area (Å²) in [6.45, 7) is 0.375. The molecule has 0 spiro atoms. The SMILES string of the molecule is CN(Cc1ccoc1)C(=O)N1C[C@@H](O)C[C@H]1C(=O)O. The molecule has 0 radical (unpaired) electrons. The van der Waals surface area contributed by atoms with Crippen molar-refractivity contribution in [3.05, 3.63) is 24.2 Å². The summed E-state index contributed by atoms with van der Waals surface area (Å²) in [5.41, 5.74) is 0.822. The lowest BCUT2D eigenvalue weighted by atomic mass is 10.2. The van der Waals surface area contributed by atoms with Crippen LogP contribution in [0.25, 0.3) is 0 Å². The highest BCUT2D eigenvalue weighted by molar-refractivity contribution is 5.83. The van der Waals surface area contributed by atoms with E-state index in [1.54, 1.807) is 13.1 Å². The summed E-state index contributed by atoms with van der Waals surface area (Å²) >= 11 is 0. The van der Waals surface area contributed by atoms with Gasteiger partial charge in [-0.15, -0.1) is 0 Å². The zero-order valence-corrected chi connectivity index (χ0v) is 10.5. The summed E-state index contributed by atoms with van der Waals surface area (Å²) in [6, 6.07) is 0.358. The van der Waals surface area contributed by atoms with Crippen molar-refractivity contribution in [2.45, 2.75) is 25.1 Å². The average molecular weight is 268 g/mol. The van der Waals surface area contributed by atoms with Crippen molar-refractivity contribution in [3.8, 4) is 0 Å². The Morgan fingerprint density at radius 3 is 2.89 bits per heavy atom. The average Bonchev–Trinajstić information content (AvgIpc) is 2.97. The van der Waals surface area contributed by atoms with E-state index in [0.717, 1.165) is 5.56 Å². The first-order valence-electron chi connectivity index (χ1n) is 5.92. The quantitative estimate of drug-likeness (QED) is 0.825. The van der Waals surface area contributed by atoms with Crippen LogP contribution in [0.15, 0.2) is 23.0 Å². The lowest BCUT2D eigenvalue weighted by Gasteiger charge is -2.27. The molecule has 2 heterocycles. The van der Waals surface area contributed by atoms with Gasteiger partial charge in [0.25, 0.3) is 0 Å². The van der Waals surface area contributed by atoms with Gasteiger partial charge in [-0.2, -0.15) is 0 Å². The molecule has 104 valence electrons. The number of rotatable bonds is 3. The minimum Gasteiger partial charge on any atom is -0.480 e. The van der Waals surface area contributed by atoms with E-state index >= 15 is 0 Å². The van der Waals surface area contributed by atoms with Gasteiger partial charge in [-0.25, -0.2) is 9.59 Å². The van der Waals surface area contributed by atoms with Crippen molar-refractivity contribution in [1.29, 1.82) is 0 Å². The molecule has 7 nitrogen and oxygen atoms in total. The molecule has 1 aromatic heterocycles. The van der Waals surface area contributed by atoms with Crippen molar-refractivity contribution in [1.82, 2.24) is 9.80 Å². The Balaban J connectivity index is 2.03. The fraction of sp³-hybridized carbons (Fsp3) is 0.500. The van der Waals surface area contributed by atoms with Gasteiger partial charge in [0, 0.05) is 25.6 Å². The van der Waals surface area contributed by atoms with E-state index < -0.39 is 24.1 Å². The fourth-order valence-corrected chi connectivity index (χ4v) is 2.20. The first kappa shape index (κ1) is 13.4. The van der Waals surface area contributed by atoms with Crippen LogP contribution in [-0.2, 0) is 11.3 Å². The Morgan fingerprint density at radius 2 is 2.32 bits per heavy atom. The fourth-order valence-electron chi connectivity index (χ4n) is 2.20. The topological polar surface area (TPSA) is 94.2 Å². The molecule has 1 fully saturated rings. The van der Waals surface area contributed by atoms with Gasteiger partial charge in [0.15, 0.2) is 0 Å². The van der Waals surface area contributed by atoms with Crippen LogP contribution in [0, 0.1) is 0 Å². The predicted molar refractivity (Wildman–Crippen MR) is 64.3 cm³/mol. The smallest absolute Gasteiger partial charge is 0.326 e. The molecule has 1 aromatic rings. The number of aliphatic hydroxyl groups excluding tert-OH is 1. The Hall–Kier alpha value is -2.02. The van der Waals surface area contributed by atoms with Gasteiger partial charge in [0.05, 0.1) is 25.2 Å². The molecule has 0 saturated carbocycles. The van der Waals surface area contributed by atoms with Gasteiger partial charge in [0.1, 0.15) is 6.04 Å². The van der Waals surface area contributed by atoms with E-state index in [9.17, 15) is 14.7 Å². The third kappa shape index (κ3) is 2.87. The monoisotopic (exact) mass is 268 g/mol. The Kier molecular flexibility index (Phi) is 3.75. The van der Waals surface area contributed by atoms with Crippen LogP contribution in [0.1, 0.15) is 12.0 Å². The van der Waals surface area contributed by atoms with Crippen molar-refractivity contribution >= 4 is 12.0 Å². The van der Waals surface area contributed by atoms with E-state index in [-0.39, 0.29) is 13.0 Å². The molecular weight excluding hydrogens is 252 g/mol. The number of carbonyl (C=O) groups is 2. The number of hydrogen-bond acceptors (Lipinski definition) is 4. The zero-order chi connectivity index (χ0) is 14.0. The van der Waals surface area contributed by atoms with Crippen LogP contribution >= 0.6 is 0 Å². The summed E-state index contributed by atoms with van der Waals surface area (Å²) in [7, 11) is 1.58. The normalized spacial score (nSPS) is 22.5. The molecule has 0 aliphatic carbocycles. The molecule has 0 unspecified atom stereocenters. The van der Waals surface area contributed by atoms with E-state index in [0.29, 0.717) is 6.54 Å². The summed E-state index contributed by atoms with van der Waals surface area (Å²) in [5, 5.41) is 18.6. The van der Waals surface area contributed by atoms with Gasteiger partial charge in [0.2, 0.25) is 0 Å². The molecule has 0 bridgehead atoms.